The van der Waals surface area contributed by atoms with Crippen molar-refractivity contribution < 1.29 is 0 Å². The van der Waals surface area contributed by atoms with Crippen molar-refractivity contribution in [3.8, 4) is 0 Å². The van der Waals surface area contributed by atoms with Crippen molar-refractivity contribution in [2.75, 3.05) is 17.6 Å². The van der Waals surface area contributed by atoms with Crippen LogP contribution in [0.4, 0.5) is 11.4 Å². The summed E-state index contributed by atoms with van der Waals surface area (Å²) in [5.74, 6) is 0. The van der Waals surface area contributed by atoms with Gasteiger partial charge in [-0.25, -0.2) is 4.98 Å². The molecular formula is C15H15N5O. The second kappa shape index (κ2) is 5.62. The maximum Gasteiger partial charge on any atom is 0.258 e. The highest BCUT2D eigenvalue weighted by Gasteiger charge is 2.05. The maximum absolute atomic E-state index is 11.7. The van der Waals surface area contributed by atoms with Crippen LogP contribution in [0.5, 0.6) is 0 Å². The maximum atomic E-state index is 11.7. The van der Waals surface area contributed by atoms with Crippen molar-refractivity contribution in [1.82, 2.24) is 15.0 Å². The predicted molar refractivity (Wildman–Crippen MR) is 83.2 cm³/mol. The number of nitrogens with one attached hydrogen (secondary N) is 2. The fraction of sp³-hybridized carbons (Fsp3) is 0.133. The third-order valence-corrected chi connectivity index (χ3v) is 3.29. The molecule has 3 aromatic rings. The number of nitrogen functional groups attached to an aromatic ring is 1. The van der Waals surface area contributed by atoms with Crippen molar-refractivity contribution >= 4 is 22.3 Å². The lowest BCUT2D eigenvalue weighted by atomic mass is 10.1. The predicted octanol–water partition coefficient (Wildman–Crippen LogP) is 1.55. The van der Waals surface area contributed by atoms with Crippen LogP contribution >= 0.6 is 0 Å². The Hall–Kier alpha value is -2.89. The van der Waals surface area contributed by atoms with Gasteiger partial charge in [-0.3, -0.25) is 9.78 Å². The van der Waals surface area contributed by atoms with Crippen LogP contribution in [0, 0.1) is 0 Å². The fourth-order valence-corrected chi connectivity index (χ4v) is 2.18. The summed E-state index contributed by atoms with van der Waals surface area (Å²) in [6.07, 6.45) is 5.80. The van der Waals surface area contributed by atoms with E-state index in [9.17, 15) is 4.79 Å². The first-order chi connectivity index (χ1) is 10.2. The Morgan fingerprint density at radius 1 is 1.24 bits per heavy atom. The summed E-state index contributed by atoms with van der Waals surface area (Å²) in [5, 5.41) is 3.77. The molecule has 0 saturated carbocycles. The molecule has 0 unspecified atom stereocenters. The number of nitrogens with zero attached hydrogens (tertiary/aromatic N) is 2. The summed E-state index contributed by atoms with van der Waals surface area (Å²) < 4.78 is 0. The van der Waals surface area contributed by atoms with Crippen LogP contribution in [0.15, 0.2) is 47.8 Å². The molecule has 2 aromatic heterocycles. The van der Waals surface area contributed by atoms with E-state index in [1.165, 1.54) is 11.9 Å². The lowest BCUT2D eigenvalue weighted by Crippen LogP contribution is -2.10. The minimum Gasteiger partial charge on any atom is -0.397 e. The Kier molecular flexibility index (Phi) is 3.51. The Labute approximate surface area is 121 Å². The number of H-pyrrole nitrogens is 1. The van der Waals surface area contributed by atoms with Gasteiger partial charge in [-0.05, 0) is 36.2 Å². The number of pyridine rings is 1. The van der Waals surface area contributed by atoms with Crippen LogP contribution < -0.4 is 16.6 Å². The number of rotatable bonds is 4. The van der Waals surface area contributed by atoms with Crippen molar-refractivity contribution in [1.29, 1.82) is 0 Å². The largest absolute Gasteiger partial charge is 0.397 e. The van der Waals surface area contributed by atoms with E-state index in [0.717, 1.165) is 18.7 Å². The van der Waals surface area contributed by atoms with Crippen LogP contribution in [-0.4, -0.2) is 21.5 Å². The van der Waals surface area contributed by atoms with Gasteiger partial charge >= 0.3 is 0 Å². The molecule has 0 aliphatic heterocycles. The molecule has 0 bridgehead atoms. The van der Waals surface area contributed by atoms with Gasteiger partial charge in [0.1, 0.15) is 0 Å². The van der Waals surface area contributed by atoms with Gasteiger partial charge in [-0.2, -0.15) is 0 Å². The molecule has 0 saturated heterocycles. The molecular weight excluding hydrogens is 266 g/mol. The zero-order chi connectivity index (χ0) is 14.7. The first kappa shape index (κ1) is 13.1. The molecule has 4 N–H and O–H groups in total. The van der Waals surface area contributed by atoms with Gasteiger partial charge < -0.3 is 16.0 Å². The lowest BCUT2D eigenvalue weighted by molar-refractivity contribution is 1.01. The van der Waals surface area contributed by atoms with Crippen molar-refractivity contribution in [2.24, 2.45) is 0 Å². The second-order valence-electron chi connectivity index (χ2n) is 4.72. The highest BCUT2D eigenvalue weighted by Crippen LogP contribution is 2.22. The molecule has 0 atom stereocenters. The number of fused-ring (bicyclic) bond motifs is 1. The van der Waals surface area contributed by atoms with Crippen LogP contribution in [0.25, 0.3) is 10.9 Å². The zero-order valence-corrected chi connectivity index (χ0v) is 11.3. The number of aromatic amines is 1. The quantitative estimate of drug-likeness (QED) is 0.630. The molecule has 0 fully saturated rings. The number of hydrogen-bond acceptors (Lipinski definition) is 5. The molecule has 0 spiro atoms. The summed E-state index contributed by atoms with van der Waals surface area (Å²) in [6, 6.07) is 7.40. The third-order valence-electron chi connectivity index (χ3n) is 3.29. The molecule has 0 radical (unpaired) electrons. The van der Waals surface area contributed by atoms with Crippen molar-refractivity contribution in [3.63, 3.8) is 0 Å². The van der Waals surface area contributed by atoms with Gasteiger partial charge in [0.15, 0.2) is 0 Å². The van der Waals surface area contributed by atoms with E-state index >= 15 is 0 Å². The average Bonchev–Trinajstić information content (AvgIpc) is 2.50. The molecule has 21 heavy (non-hydrogen) atoms. The van der Waals surface area contributed by atoms with E-state index in [1.807, 2.05) is 12.1 Å². The highest BCUT2D eigenvalue weighted by atomic mass is 16.1. The van der Waals surface area contributed by atoms with E-state index < -0.39 is 0 Å². The fourth-order valence-electron chi connectivity index (χ4n) is 2.18. The molecule has 1 aromatic carbocycles. The normalized spacial score (nSPS) is 10.7. The van der Waals surface area contributed by atoms with E-state index in [4.69, 9.17) is 5.73 Å². The van der Waals surface area contributed by atoms with E-state index in [2.05, 4.69) is 20.3 Å². The van der Waals surface area contributed by atoms with Gasteiger partial charge in [0.05, 0.1) is 28.6 Å². The Morgan fingerprint density at radius 3 is 2.86 bits per heavy atom. The molecule has 106 valence electrons. The minimum atomic E-state index is -0.185. The van der Waals surface area contributed by atoms with Gasteiger partial charge in [-0.15, -0.1) is 0 Å². The van der Waals surface area contributed by atoms with E-state index in [0.29, 0.717) is 16.6 Å². The van der Waals surface area contributed by atoms with Gasteiger partial charge in [0.2, 0.25) is 0 Å². The van der Waals surface area contributed by atoms with Gasteiger partial charge in [0.25, 0.3) is 5.56 Å². The average molecular weight is 281 g/mol. The van der Waals surface area contributed by atoms with Crippen molar-refractivity contribution in [3.05, 3.63) is 58.9 Å². The Balaban J connectivity index is 1.78. The SMILES string of the molecule is Nc1cc2c(=O)[nH]cnc2cc1NCCc1ccncc1. The second-order valence-corrected chi connectivity index (χ2v) is 4.72. The Bertz CT molecular complexity index is 813. The molecule has 2 heterocycles. The van der Waals surface area contributed by atoms with E-state index in [-0.39, 0.29) is 5.56 Å². The number of nitrogens with two attached hydrogens (primary N) is 1. The monoisotopic (exact) mass is 281 g/mol. The van der Waals surface area contributed by atoms with Gasteiger partial charge in [-0.1, -0.05) is 0 Å². The van der Waals surface area contributed by atoms with Crippen LogP contribution in [0.2, 0.25) is 0 Å². The Morgan fingerprint density at radius 2 is 2.05 bits per heavy atom. The summed E-state index contributed by atoms with van der Waals surface area (Å²) >= 11 is 0. The zero-order valence-electron chi connectivity index (χ0n) is 11.3. The summed E-state index contributed by atoms with van der Waals surface area (Å²) in [7, 11) is 0. The molecule has 6 heteroatoms. The third kappa shape index (κ3) is 2.84. The molecule has 0 amide bonds. The van der Waals surface area contributed by atoms with Crippen molar-refractivity contribution in [2.45, 2.75) is 6.42 Å². The van der Waals surface area contributed by atoms with Crippen LogP contribution in [-0.2, 0) is 6.42 Å². The lowest BCUT2D eigenvalue weighted by Gasteiger charge is -2.10. The molecule has 6 nitrogen and oxygen atoms in total. The smallest absolute Gasteiger partial charge is 0.258 e. The molecule has 0 aliphatic rings. The number of hydrogen-bond donors (Lipinski definition) is 3. The minimum absolute atomic E-state index is 0.185. The topological polar surface area (TPSA) is 96.7 Å². The summed E-state index contributed by atoms with van der Waals surface area (Å²) in [4.78, 5) is 22.3. The van der Waals surface area contributed by atoms with Crippen LogP contribution in [0.1, 0.15) is 5.56 Å². The standard InChI is InChI=1S/C15H15N5O/c16-12-7-11-13(19-9-20-15(11)21)8-14(12)18-6-3-10-1-4-17-5-2-10/h1-2,4-5,7-9,18H,3,6,16H2,(H,19,20,21). The molecule has 3 rings (SSSR count). The summed E-state index contributed by atoms with van der Waals surface area (Å²) in [6.45, 7) is 0.739. The van der Waals surface area contributed by atoms with E-state index in [1.54, 1.807) is 24.5 Å². The number of anilines is 2. The summed E-state index contributed by atoms with van der Waals surface area (Å²) in [5.41, 5.74) is 8.95. The van der Waals surface area contributed by atoms with Gasteiger partial charge in [0, 0.05) is 18.9 Å². The highest BCUT2D eigenvalue weighted by molar-refractivity contribution is 5.88. The first-order valence-electron chi connectivity index (χ1n) is 6.64. The number of aromatic nitrogens is 3. The molecule has 0 aliphatic carbocycles. The first-order valence-corrected chi connectivity index (χ1v) is 6.64. The van der Waals surface area contributed by atoms with Crippen LogP contribution in [0.3, 0.4) is 0 Å². The number of benzene rings is 1.